The van der Waals surface area contributed by atoms with Crippen molar-refractivity contribution in [2.75, 3.05) is 38.3 Å². The van der Waals surface area contributed by atoms with E-state index in [-0.39, 0.29) is 32.0 Å². The number of aliphatic hydroxyl groups is 1. The van der Waals surface area contributed by atoms with E-state index < -0.39 is 28.0 Å². The topological polar surface area (TPSA) is 113 Å². The predicted molar refractivity (Wildman–Crippen MR) is 71.2 cm³/mol. The molecule has 21 heavy (non-hydrogen) atoms. The van der Waals surface area contributed by atoms with E-state index in [1.807, 2.05) is 0 Å². The largest absolute Gasteiger partial charge is 0.477 e. The highest BCUT2D eigenvalue weighted by Crippen LogP contribution is 2.28. The van der Waals surface area contributed by atoms with Crippen molar-refractivity contribution in [3.8, 4) is 0 Å². The second kappa shape index (κ2) is 7.50. The van der Waals surface area contributed by atoms with Crippen LogP contribution in [-0.4, -0.2) is 54.5 Å². The molecule has 1 aromatic rings. The molecule has 0 heterocycles. The number of anilines is 1. The Hall–Kier alpha value is -2.26. The first-order chi connectivity index (χ1) is 9.92. The molecule has 1 aromatic carbocycles. The number of ether oxygens (including phenoxy) is 1. The van der Waals surface area contributed by atoms with Crippen molar-refractivity contribution in [1.82, 2.24) is 0 Å². The zero-order chi connectivity index (χ0) is 16.0. The third-order valence-corrected chi connectivity index (χ3v) is 2.77. The zero-order valence-corrected chi connectivity index (χ0v) is 11.3. The number of rotatable bonds is 8. The van der Waals surface area contributed by atoms with Gasteiger partial charge in [-0.3, -0.25) is 10.1 Å². The maximum atomic E-state index is 14.0. The molecule has 0 spiro atoms. The maximum absolute atomic E-state index is 14.0. The van der Waals surface area contributed by atoms with E-state index in [9.17, 15) is 19.3 Å². The number of aromatic carboxylic acids is 1. The van der Waals surface area contributed by atoms with Crippen LogP contribution in [0.2, 0.25) is 0 Å². The summed E-state index contributed by atoms with van der Waals surface area (Å²) in [5, 5.41) is 28.7. The van der Waals surface area contributed by atoms with E-state index in [4.69, 9.17) is 14.9 Å². The highest BCUT2D eigenvalue weighted by atomic mass is 19.1. The van der Waals surface area contributed by atoms with Crippen molar-refractivity contribution in [3.05, 3.63) is 33.6 Å². The van der Waals surface area contributed by atoms with E-state index in [2.05, 4.69) is 0 Å². The Bertz CT molecular complexity index is 537. The smallest absolute Gasteiger partial charge is 0.342 e. The summed E-state index contributed by atoms with van der Waals surface area (Å²) in [6, 6.07) is 1.46. The number of hydrogen-bond donors (Lipinski definition) is 2. The van der Waals surface area contributed by atoms with E-state index in [1.54, 1.807) is 0 Å². The molecule has 116 valence electrons. The molecule has 0 radical (unpaired) electrons. The van der Waals surface area contributed by atoms with Crippen LogP contribution < -0.4 is 4.90 Å². The van der Waals surface area contributed by atoms with E-state index >= 15 is 0 Å². The summed E-state index contributed by atoms with van der Waals surface area (Å²) in [4.78, 5) is 22.2. The number of nitro benzene ring substituents is 1. The SMILES string of the molecule is COCCN(CCO)c1cc(C(=O)O)c([N+](=O)[O-])cc1F. The molecular weight excluding hydrogens is 287 g/mol. The normalized spacial score (nSPS) is 10.4. The fraction of sp³-hybridized carbons (Fsp3) is 0.417. The van der Waals surface area contributed by atoms with Crippen LogP contribution in [0.1, 0.15) is 10.4 Å². The van der Waals surface area contributed by atoms with Crippen molar-refractivity contribution in [2.24, 2.45) is 0 Å². The van der Waals surface area contributed by atoms with Crippen LogP contribution in [0.3, 0.4) is 0 Å². The van der Waals surface area contributed by atoms with Crippen LogP contribution >= 0.6 is 0 Å². The molecule has 0 aliphatic carbocycles. The van der Waals surface area contributed by atoms with Crippen molar-refractivity contribution in [2.45, 2.75) is 0 Å². The third kappa shape index (κ3) is 4.10. The summed E-state index contributed by atoms with van der Waals surface area (Å²) < 4.78 is 18.8. The maximum Gasteiger partial charge on any atom is 0.342 e. The number of halogens is 1. The average molecular weight is 302 g/mol. The number of hydrogen-bond acceptors (Lipinski definition) is 6. The van der Waals surface area contributed by atoms with Gasteiger partial charge in [0.15, 0.2) is 5.82 Å². The van der Waals surface area contributed by atoms with Crippen LogP contribution in [0.4, 0.5) is 15.8 Å². The number of aliphatic hydroxyl groups excluding tert-OH is 1. The van der Waals surface area contributed by atoms with Gasteiger partial charge in [-0.15, -0.1) is 0 Å². The molecule has 8 nitrogen and oxygen atoms in total. The van der Waals surface area contributed by atoms with Gasteiger partial charge < -0.3 is 19.8 Å². The molecule has 2 N–H and O–H groups in total. The van der Waals surface area contributed by atoms with Crippen LogP contribution in [0.25, 0.3) is 0 Å². The number of benzene rings is 1. The third-order valence-electron chi connectivity index (χ3n) is 2.77. The van der Waals surface area contributed by atoms with Crippen molar-refractivity contribution in [1.29, 1.82) is 0 Å². The number of carbonyl (C=O) groups is 1. The van der Waals surface area contributed by atoms with Crippen molar-refractivity contribution in [3.63, 3.8) is 0 Å². The van der Waals surface area contributed by atoms with E-state index in [1.165, 1.54) is 12.0 Å². The summed E-state index contributed by atoms with van der Waals surface area (Å²) >= 11 is 0. The van der Waals surface area contributed by atoms with Gasteiger partial charge in [0.05, 0.1) is 29.9 Å². The fourth-order valence-electron chi connectivity index (χ4n) is 1.79. The first-order valence-electron chi connectivity index (χ1n) is 5.98. The molecule has 0 amide bonds. The molecule has 0 fully saturated rings. The van der Waals surface area contributed by atoms with Gasteiger partial charge in [0.25, 0.3) is 5.69 Å². The quantitative estimate of drug-likeness (QED) is 0.541. The predicted octanol–water partition coefficient (Wildman–Crippen LogP) is 0.877. The van der Waals surface area contributed by atoms with Crippen molar-refractivity contribution < 1.29 is 29.1 Å². The molecule has 9 heteroatoms. The monoisotopic (exact) mass is 302 g/mol. The van der Waals surface area contributed by atoms with Crippen LogP contribution in [0.5, 0.6) is 0 Å². The number of nitro groups is 1. The summed E-state index contributed by atoms with van der Waals surface area (Å²) in [6.07, 6.45) is 0. The Kier molecular flexibility index (Phi) is 6.00. The first kappa shape index (κ1) is 16.8. The summed E-state index contributed by atoms with van der Waals surface area (Å²) in [7, 11) is 1.44. The van der Waals surface area contributed by atoms with Crippen LogP contribution in [0.15, 0.2) is 12.1 Å². The lowest BCUT2D eigenvalue weighted by Gasteiger charge is -2.24. The first-order valence-corrected chi connectivity index (χ1v) is 5.98. The zero-order valence-electron chi connectivity index (χ0n) is 11.3. The number of nitrogens with zero attached hydrogens (tertiary/aromatic N) is 2. The highest BCUT2D eigenvalue weighted by Gasteiger charge is 2.25. The molecule has 0 unspecified atom stereocenters. The molecule has 0 atom stereocenters. The van der Waals surface area contributed by atoms with Gasteiger partial charge in [0.1, 0.15) is 5.56 Å². The number of carboxylic acids is 1. The minimum Gasteiger partial charge on any atom is -0.477 e. The Morgan fingerprint density at radius 2 is 2.14 bits per heavy atom. The number of methoxy groups -OCH3 is 1. The highest BCUT2D eigenvalue weighted by molar-refractivity contribution is 5.93. The van der Waals surface area contributed by atoms with Crippen molar-refractivity contribution >= 4 is 17.3 Å². The average Bonchev–Trinajstić information content (AvgIpc) is 2.43. The number of carboxylic acid groups (broad SMARTS) is 1. The fourth-order valence-corrected chi connectivity index (χ4v) is 1.79. The minimum absolute atomic E-state index is 0.0388. The Morgan fingerprint density at radius 3 is 2.62 bits per heavy atom. The molecule has 0 aliphatic heterocycles. The molecule has 0 bridgehead atoms. The van der Waals surface area contributed by atoms with Gasteiger partial charge >= 0.3 is 5.97 Å². The summed E-state index contributed by atoms with van der Waals surface area (Å²) in [6.45, 7) is 0.170. The molecule has 0 saturated carbocycles. The second-order valence-electron chi connectivity index (χ2n) is 4.09. The lowest BCUT2D eigenvalue weighted by atomic mass is 10.1. The minimum atomic E-state index is -1.53. The molecule has 0 aliphatic rings. The van der Waals surface area contributed by atoms with Gasteiger partial charge in [0.2, 0.25) is 0 Å². The van der Waals surface area contributed by atoms with Crippen LogP contribution in [-0.2, 0) is 4.74 Å². The van der Waals surface area contributed by atoms with Gasteiger partial charge in [-0.1, -0.05) is 0 Å². The van der Waals surface area contributed by atoms with Gasteiger partial charge in [-0.2, -0.15) is 0 Å². The summed E-state index contributed by atoms with van der Waals surface area (Å²) in [5.74, 6) is -2.46. The Labute approximate surface area is 119 Å². The molecule has 0 saturated heterocycles. The standard InChI is InChI=1S/C12H15FN2O6/c1-21-5-3-14(2-4-16)11-6-8(12(17)18)10(15(19)20)7-9(11)13/h6-7,16H,2-5H2,1H3,(H,17,18). The van der Waals surface area contributed by atoms with Gasteiger partial charge in [0, 0.05) is 20.2 Å². The molecule has 1 rings (SSSR count). The lowest BCUT2D eigenvalue weighted by molar-refractivity contribution is -0.385. The van der Waals surface area contributed by atoms with Gasteiger partial charge in [-0.05, 0) is 6.07 Å². The summed E-state index contributed by atoms with van der Waals surface area (Å²) in [5.41, 5.74) is -1.57. The Morgan fingerprint density at radius 1 is 1.48 bits per heavy atom. The second-order valence-corrected chi connectivity index (χ2v) is 4.09. The van der Waals surface area contributed by atoms with E-state index in [0.717, 1.165) is 6.07 Å². The molecule has 0 aromatic heterocycles. The molecular formula is C12H15FN2O6. The van der Waals surface area contributed by atoms with Gasteiger partial charge in [-0.25, -0.2) is 9.18 Å². The Balaban J connectivity index is 3.30. The van der Waals surface area contributed by atoms with Crippen LogP contribution in [0, 0.1) is 15.9 Å². The van der Waals surface area contributed by atoms with E-state index in [0.29, 0.717) is 6.07 Å². The lowest BCUT2D eigenvalue weighted by Crippen LogP contribution is -2.31.